The van der Waals surface area contributed by atoms with Crippen molar-refractivity contribution in [1.82, 2.24) is 9.80 Å². The number of nitrogens with zero attached hydrogens (tertiary/aromatic N) is 2. The molecular formula is C25H24ClFN2O2. The van der Waals surface area contributed by atoms with E-state index in [1.54, 1.807) is 12.1 Å². The highest BCUT2D eigenvalue weighted by Gasteiger charge is 2.22. The fourth-order valence-corrected chi connectivity index (χ4v) is 3.76. The SMILES string of the molecule is O=C(c1cccc(COc2ccc(Cl)cc2)c1)N1CCN(Cc2ccc(F)cc2)CC1. The zero-order chi connectivity index (χ0) is 21.6. The third kappa shape index (κ3) is 5.84. The Hall–Kier alpha value is -2.89. The Morgan fingerprint density at radius 1 is 0.903 bits per heavy atom. The number of benzene rings is 3. The molecule has 6 heteroatoms. The third-order valence-corrected chi connectivity index (χ3v) is 5.62. The number of carbonyl (C=O) groups excluding carboxylic acids is 1. The van der Waals surface area contributed by atoms with Gasteiger partial charge in [0.25, 0.3) is 5.91 Å². The predicted octanol–water partition coefficient (Wildman–Crippen LogP) is 5.02. The first-order chi connectivity index (χ1) is 15.1. The molecule has 1 heterocycles. The van der Waals surface area contributed by atoms with Crippen molar-refractivity contribution in [3.63, 3.8) is 0 Å². The molecule has 0 atom stereocenters. The zero-order valence-electron chi connectivity index (χ0n) is 17.1. The van der Waals surface area contributed by atoms with E-state index in [2.05, 4.69) is 4.90 Å². The normalized spacial score (nSPS) is 14.5. The minimum absolute atomic E-state index is 0.0368. The van der Waals surface area contributed by atoms with Crippen molar-refractivity contribution >= 4 is 17.5 Å². The minimum Gasteiger partial charge on any atom is -0.489 e. The molecule has 3 aromatic rings. The Kier molecular flexibility index (Phi) is 6.85. The number of hydrogen-bond acceptors (Lipinski definition) is 3. The lowest BCUT2D eigenvalue weighted by atomic mass is 10.1. The quantitative estimate of drug-likeness (QED) is 0.542. The summed E-state index contributed by atoms with van der Waals surface area (Å²) in [4.78, 5) is 17.2. The van der Waals surface area contributed by atoms with Crippen LogP contribution < -0.4 is 4.74 Å². The van der Waals surface area contributed by atoms with E-state index in [4.69, 9.17) is 16.3 Å². The summed E-state index contributed by atoms with van der Waals surface area (Å²) in [5.41, 5.74) is 2.69. The number of carbonyl (C=O) groups is 1. The van der Waals surface area contributed by atoms with Gasteiger partial charge in [0.2, 0.25) is 0 Å². The van der Waals surface area contributed by atoms with Gasteiger partial charge in [-0.25, -0.2) is 4.39 Å². The van der Waals surface area contributed by atoms with E-state index in [1.807, 2.05) is 53.4 Å². The van der Waals surface area contributed by atoms with Crippen molar-refractivity contribution in [3.8, 4) is 5.75 Å². The van der Waals surface area contributed by atoms with E-state index in [1.165, 1.54) is 12.1 Å². The van der Waals surface area contributed by atoms with Crippen molar-refractivity contribution in [3.05, 3.63) is 100 Å². The topological polar surface area (TPSA) is 32.8 Å². The lowest BCUT2D eigenvalue weighted by molar-refractivity contribution is 0.0628. The molecule has 160 valence electrons. The van der Waals surface area contributed by atoms with E-state index < -0.39 is 0 Å². The lowest BCUT2D eigenvalue weighted by Crippen LogP contribution is -2.48. The molecule has 1 fully saturated rings. The van der Waals surface area contributed by atoms with Crippen LogP contribution in [0.1, 0.15) is 21.5 Å². The van der Waals surface area contributed by atoms with Gasteiger partial charge in [0.1, 0.15) is 18.2 Å². The average Bonchev–Trinajstić information content (AvgIpc) is 2.80. The summed E-state index contributed by atoms with van der Waals surface area (Å²) in [5, 5.41) is 0.665. The molecule has 4 nitrogen and oxygen atoms in total. The maximum Gasteiger partial charge on any atom is 0.253 e. The Bertz CT molecular complexity index is 1020. The first-order valence-electron chi connectivity index (χ1n) is 10.3. The van der Waals surface area contributed by atoms with Crippen molar-refractivity contribution in [2.45, 2.75) is 13.2 Å². The van der Waals surface area contributed by atoms with Crippen molar-refractivity contribution < 1.29 is 13.9 Å². The number of hydrogen-bond donors (Lipinski definition) is 0. The number of halogens is 2. The molecule has 0 saturated carbocycles. The smallest absolute Gasteiger partial charge is 0.253 e. The Morgan fingerprint density at radius 2 is 1.61 bits per heavy atom. The summed E-state index contributed by atoms with van der Waals surface area (Å²) >= 11 is 5.90. The van der Waals surface area contributed by atoms with Crippen LogP contribution in [0.4, 0.5) is 4.39 Å². The van der Waals surface area contributed by atoms with Gasteiger partial charge < -0.3 is 9.64 Å². The number of piperazine rings is 1. The van der Waals surface area contributed by atoms with Gasteiger partial charge in [-0.2, -0.15) is 0 Å². The average molecular weight is 439 g/mol. The second-order valence-electron chi connectivity index (χ2n) is 7.64. The summed E-state index contributed by atoms with van der Waals surface area (Å²) in [6.45, 7) is 4.08. The van der Waals surface area contributed by atoms with E-state index in [-0.39, 0.29) is 11.7 Å². The van der Waals surface area contributed by atoms with E-state index in [0.29, 0.717) is 30.3 Å². The summed E-state index contributed by atoms with van der Waals surface area (Å²) < 4.78 is 18.9. The molecule has 3 aromatic carbocycles. The molecule has 1 aliphatic heterocycles. The summed E-state index contributed by atoms with van der Waals surface area (Å²) in [6, 6.07) is 21.4. The standard InChI is InChI=1S/C25H24ClFN2O2/c26-22-6-10-24(11-7-22)31-18-20-2-1-3-21(16-20)25(30)29-14-12-28(13-15-29)17-19-4-8-23(27)9-5-19/h1-11,16H,12-15,17-18H2. The van der Waals surface area contributed by atoms with Crippen LogP contribution in [-0.2, 0) is 13.2 Å². The van der Waals surface area contributed by atoms with Gasteiger partial charge in [-0.1, -0.05) is 35.9 Å². The highest BCUT2D eigenvalue weighted by molar-refractivity contribution is 6.30. The predicted molar refractivity (Wildman–Crippen MR) is 120 cm³/mol. The first kappa shape index (κ1) is 21.3. The van der Waals surface area contributed by atoms with E-state index in [9.17, 15) is 9.18 Å². The van der Waals surface area contributed by atoms with E-state index in [0.717, 1.165) is 36.5 Å². The van der Waals surface area contributed by atoms with Gasteiger partial charge in [-0.15, -0.1) is 0 Å². The maximum absolute atomic E-state index is 13.1. The summed E-state index contributed by atoms with van der Waals surface area (Å²) in [6.07, 6.45) is 0. The van der Waals surface area contributed by atoms with Crippen LogP contribution in [0.25, 0.3) is 0 Å². The van der Waals surface area contributed by atoms with E-state index >= 15 is 0 Å². The molecule has 0 bridgehead atoms. The largest absolute Gasteiger partial charge is 0.489 e. The second kappa shape index (κ2) is 9.94. The molecule has 1 saturated heterocycles. The van der Waals surface area contributed by atoms with Crippen LogP contribution in [-0.4, -0.2) is 41.9 Å². The molecule has 4 rings (SSSR count). The summed E-state index contributed by atoms with van der Waals surface area (Å²) in [5.74, 6) is 0.549. The monoisotopic (exact) mass is 438 g/mol. The van der Waals surface area contributed by atoms with Crippen LogP contribution in [0.15, 0.2) is 72.8 Å². The van der Waals surface area contributed by atoms with Gasteiger partial charge in [-0.05, 0) is 59.7 Å². The van der Waals surface area contributed by atoms with Crippen molar-refractivity contribution in [2.75, 3.05) is 26.2 Å². The molecule has 0 unspecified atom stereocenters. The third-order valence-electron chi connectivity index (χ3n) is 5.37. The molecule has 31 heavy (non-hydrogen) atoms. The van der Waals surface area contributed by atoms with Gasteiger partial charge in [0.15, 0.2) is 0 Å². The number of rotatable bonds is 6. The first-order valence-corrected chi connectivity index (χ1v) is 10.7. The Morgan fingerprint density at radius 3 is 2.32 bits per heavy atom. The van der Waals surface area contributed by atoms with Gasteiger partial charge in [0.05, 0.1) is 0 Å². The van der Waals surface area contributed by atoms with Gasteiger partial charge >= 0.3 is 0 Å². The summed E-state index contributed by atoms with van der Waals surface area (Å²) in [7, 11) is 0. The molecule has 0 spiro atoms. The lowest BCUT2D eigenvalue weighted by Gasteiger charge is -2.34. The molecule has 1 amide bonds. The van der Waals surface area contributed by atoms with Gasteiger partial charge in [0, 0.05) is 43.3 Å². The second-order valence-corrected chi connectivity index (χ2v) is 8.07. The van der Waals surface area contributed by atoms with Gasteiger partial charge in [-0.3, -0.25) is 9.69 Å². The van der Waals surface area contributed by atoms with Crippen LogP contribution in [0.3, 0.4) is 0 Å². The molecule has 1 aliphatic rings. The fourth-order valence-electron chi connectivity index (χ4n) is 3.63. The molecule has 0 aromatic heterocycles. The van der Waals surface area contributed by atoms with Crippen LogP contribution in [0, 0.1) is 5.82 Å². The molecule has 0 radical (unpaired) electrons. The van der Waals surface area contributed by atoms with Crippen LogP contribution in [0.2, 0.25) is 5.02 Å². The zero-order valence-corrected chi connectivity index (χ0v) is 17.9. The Labute approximate surface area is 186 Å². The number of ether oxygens (including phenoxy) is 1. The Balaban J connectivity index is 1.30. The van der Waals surface area contributed by atoms with Crippen molar-refractivity contribution in [1.29, 1.82) is 0 Å². The van der Waals surface area contributed by atoms with Crippen LogP contribution in [0.5, 0.6) is 5.75 Å². The molecule has 0 aliphatic carbocycles. The number of amides is 1. The minimum atomic E-state index is -0.222. The molecular weight excluding hydrogens is 415 g/mol. The maximum atomic E-state index is 13.1. The highest BCUT2D eigenvalue weighted by Crippen LogP contribution is 2.18. The van der Waals surface area contributed by atoms with Crippen LogP contribution >= 0.6 is 11.6 Å². The highest BCUT2D eigenvalue weighted by atomic mass is 35.5. The fraction of sp³-hybridized carbons (Fsp3) is 0.240. The van der Waals surface area contributed by atoms with Crippen molar-refractivity contribution in [2.24, 2.45) is 0 Å². The molecule has 0 N–H and O–H groups in total.